The highest BCUT2D eigenvalue weighted by atomic mass is 16.5. The van der Waals surface area contributed by atoms with Gasteiger partial charge in [-0.1, -0.05) is 12.6 Å². The molecule has 0 aliphatic rings. The summed E-state index contributed by atoms with van der Waals surface area (Å²) in [6, 6.07) is 5.98. The minimum Gasteiger partial charge on any atom is -0.493 e. The highest BCUT2D eigenvalue weighted by Gasteiger charge is 2.06. The second-order valence-electron chi connectivity index (χ2n) is 5.69. The maximum Gasteiger partial charge on any atom is 0.161 e. The van der Waals surface area contributed by atoms with Gasteiger partial charge in [0.2, 0.25) is 0 Å². The first-order valence-electron chi connectivity index (χ1n) is 7.72. The van der Waals surface area contributed by atoms with Gasteiger partial charge in [0, 0.05) is 19.3 Å². The van der Waals surface area contributed by atoms with Crippen molar-refractivity contribution in [2.45, 2.75) is 26.9 Å². The number of nitrogens with zero attached hydrogens (tertiary/aromatic N) is 2. The fourth-order valence-corrected chi connectivity index (χ4v) is 2.16. The molecule has 1 heterocycles. The fourth-order valence-electron chi connectivity index (χ4n) is 2.16. The number of rotatable bonds is 9. The van der Waals surface area contributed by atoms with Crippen LogP contribution in [0.4, 0.5) is 0 Å². The summed E-state index contributed by atoms with van der Waals surface area (Å²) in [6.45, 7) is 10.8. The Morgan fingerprint density at radius 2 is 2.17 bits per heavy atom. The van der Waals surface area contributed by atoms with E-state index in [0.29, 0.717) is 6.61 Å². The molecule has 0 bridgehead atoms. The van der Waals surface area contributed by atoms with E-state index < -0.39 is 0 Å². The van der Waals surface area contributed by atoms with Crippen molar-refractivity contribution in [3.8, 4) is 11.5 Å². The van der Waals surface area contributed by atoms with Crippen LogP contribution in [0.1, 0.15) is 18.1 Å². The molecule has 0 aliphatic heterocycles. The van der Waals surface area contributed by atoms with Gasteiger partial charge in [-0.05, 0) is 42.7 Å². The fraction of sp³-hybridized carbons (Fsp3) is 0.389. The molecule has 0 radical (unpaired) electrons. The minimum atomic E-state index is 0.492. The van der Waals surface area contributed by atoms with Gasteiger partial charge in [0.25, 0.3) is 0 Å². The van der Waals surface area contributed by atoms with Gasteiger partial charge >= 0.3 is 0 Å². The molecule has 0 fully saturated rings. The van der Waals surface area contributed by atoms with E-state index in [1.54, 1.807) is 7.11 Å². The van der Waals surface area contributed by atoms with Crippen LogP contribution in [0.15, 0.2) is 42.7 Å². The molecule has 1 aromatic heterocycles. The molecule has 2 rings (SSSR count). The SMILES string of the molecule is C=C(C)COc1cc(CNCCn2cc(C)cn2)ccc1OC. The van der Waals surface area contributed by atoms with Crippen LogP contribution in [0.25, 0.3) is 0 Å². The number of benzene rings is 1. The molecule has 0 unspecified atom stereocenters. The molecule has 0 saturated heterocycles. The van der Waals surface area contributed by atoms with Crippen LogP contribution in [-0.2, 0) is 13.1 Å². The number of aryl methyl sites for hydroxylation is 1. The molecule has 1 N–H and O–H groups in total. The van der Waals surface area contributed by atoms with Crippen molar-refractivity contribution in [1.29, 1.82) is 0 Å². The first-order valence-corrected chi connectivity index (χ1v) is 7.72. The number of methoxy groups -OCH3 is 1. The van der Waals surface area contributed by atoms with E-state index in [1.807, 2.05) is 49.1 Å². The predicted molar refractivity (Wildman–Crippen MR) is 92.0 cm³/mol. The number of nitrogens with one attached hydrogen (secondary N) is 1. The maximum absolute atomic E-state index is 5.74. The molecule has 0 amide bonds. The van der Waals surface area contributed by atoms with Crippen LogP contribution in [-0.4, -0.2) is 30.0 Å². The van der Waals surface area contributed by atoms with E-state index in [4.69, 9.17) is 9.47 Å². The van der Waals surface area contributed by atoms with Gasteiger partial charge in [-0.25, -0.2) is 0 Å². The van der Waals surface area contributed by atoms with E-state index in [-0.39, 0.29) is 0 Å². The Morgan fingerprint density at radius 1 is 1.35 bits per heavy atom. The van der Waals surface area contributed by atoms with Crippen molar-refractivity contribution < 1.29 is 9.47 Å². The molecule has 23 heavy (non-hydrogen) atoms. The molecular formula is C18H25N3O2. The summed E-state index contributed by atoms with van der Waals surface area (Å²) in [4.78, 5) is 0. The minimum absolute atomic E-state index is 0.492. The predicted octanol–water partition coefficient (Wildman–Crippen LogP) is 2.94. The third kappa shape index (κ3) is 5.45. The summed E-state index contributed by atoms with van der Waals surface area (Å²) in [5, 5.41) is 7.68. The van der Waals surface area contributed by atoms with Gasteiger partial charge in [0.05, 0.1) is 19.9 Å². The van der Waals surface area contributed by atoms with E-state index in [0.717, 1.165) is 42.3 Å². The van der Waals surface area contributed by atoms with Crippen LogP contribution in [0.2, 0.25) is 0 Å². The number of aromatic nitrogens is 2. The molecule has 2 aromatic rings. The van der Waals surface area contributed by atoms with Crippen LogP contribution in [0.5, 0.6) is 11.5 Å². The van der Waals surface area contributed by atoms with Gasteiger partial charge in [-0.15, -0.1) is 0 Å². The average molecular weight is 315 g/mol. The Labute approximate surface area is 137 Å². The lowest BCUT2D eigenvalue weighted by molar-refractivity contribution is 0.319. The van der Waals surface area contributed by atoms with Crippen molar-refractivity contribution >= 4 is 0 Å². The summed E-state index contributed by atoms with van der Waals surface area (Å²) < 4.78 is 13.0. The first kappa shape index (κ1) is 17.1. The first-order chi connectivity index (χ1) is 11.1. The van der Waals surface area contributed by atoms with Crippen molar-refractivity contribution in [3.05, 3.63) is 53.9 Å². The monoisotopic (exact) mass is 315 g/mol. The van der Waals surface area contributed by atoms with E-state index >= 15 is 0 Å². The number of hydrogen-bond acceptors (Lipinski definition) is 4. The van der Waals surface area contributed by atoms with E-state index in [1.165, 1.54) is 5.56 Å². The Balaban J connectivity index is 1.86. The standard InChI is InChI=1S/C18H25N3O2/c1-14(2)13-23-18-9-16(5-6-17(18)22-4)11-19-7-8-21-12-15(3)10-20-21/h5-6,9-10,12,19H,1,7-8,11,13H2,2-4H3. The summed E-state index contributed by atoms with van der Waals surface area (Å²) in [7, 11) is 1.65. The molecule has 5 heteroatoms. The van der Waals surface area contributed by atoms with Crippen molar-refractivity contribution in [1.82, 2.24) is 15.1 Å². The Kier molecular flexibility index (Phi) is 6.23. The zero-order chi connectivity index (χ0) is 16.7. The Bertz CT molecular complexity index is 649. The van der Waals surface area contributed by atoms with Crippen molar-refractivity contribution in [3.63, 3.8) is 0 Å². The zero-order valence-corrected chi connectivity index (χ0v) is 14.1. The van der Waals surface area contributed by atoms with Crippen molar-refractivity contribution in [2.75, 3.05) is 20.3 Å². The normalized spacial score (nSPS) is 10.6. The maximum atomic E-state index is 5.74. The Hall–Kier alpha value is -2.27. The van der Waals surface area contributed by atoms with Gasteiger partial charge in [0.1, 0.15) is 6.61 Å². The summed E-state index contributed by atoms with van der Waals surface area (Å²) in [5.74, 6) is 1.49. The lowest BCUT2D eigenvalue weighted by Crippen LogP contribution is -2.19. The van der Waals surface area contributed by atoms with Gasteiger partial charge in [0.15, 0.2) is 11.5 Å². The van der Waals surface area contributed by atoms with Crippen LogP contribution in [0, 0.1) is 6.92 Å². The Morgan fingerprint density at radius 3 is 2.83 bits per heavy atom. The van der Waals surface area contributed by atoms with E-state index in [2.05, 4.69) is 17.0 Å². The van der Waals surface area contributed by atoms with Gasteiger partial charge in [-0.3, -0.25) is 4.68 Å². The van der Waals surface area contributed by atoms with Crippen LogP contribution < -0.4 is 14.8 Å². The second-order valence-corrected chi connectivity index (χ2v) is 5.69. The third-order valence-electron chi connectivity index (χ3n) is 3.31. The molecule has 0 saturated carbocycles. The highest BCUT2D eigenvalue weighted by Crippen LogP contribution is 2.28. The molecule has 0 aliphatic carbocycles. The lowest BCUT2D eigenvalue weighted by atomic mass is 10.2. The van der Waals surface area contributed by atoms with Crippen LogP contribution in [0.3, 0.4) is 0 Å². The van der Waals surface area contributed by atoms with Crippen LogP contribution >= 0.6 is 0 Å². The van der Waals surface area contributed by atoms with Gasteiger partial charge < -0.3 is 14.8 Å². The van der Waals surface area contributed by atoms with Crippen molar-refractivity contribution in [2.24, 2.45) is 0 Å². The quantitative estimate of drug-likeness (QED) is 0.571. The topological polar surface area (TPSA) is 48.3 Å². The zero-order valence-electron chi connectivity index (χ0n) is 14.1. The average Bonchev–Trinajstić information content (AvgIpc) is 2.95. The van der Waals surface area contributed by atoms with E-state index in [9.17, 15) is 0 Å². The highest BCUT2D eigenvalue weighted by molar-refractivity contribution is 5.43. The number of hydrogen-bond donors (Lipinski definition) is 1. The number of ether oxygens (including phenoxy) is 2. The molecule has 0 spiro atoms. The third-order valence-corrected chi connectivity index (χ3v) is 3.31. The molecular weight excluding hydrogens is 290 g/mol. The second kappa shape index (κ2) is 8.39. The molecule has 1 aromatic carbocycles. The van der Waals surface area contributed by atoms with Gasteiger partial charge in [-0.2, -0.15) is 5.10 Å². The summed E-state index contributed by atoms with van der Waals surface area (Å²) >= 11 is 0. The molecule has 5 nitrogen and oxygen atoms in total. The lowest BCUT2D eigenvalue weighted by Gasteiger charge is -2.13. The molecule has 0 atom stereocenters. The molecule has 124 valence electrons. The summed E-state index contributed by atoms with van der Waals surface area (Å²) in [5.41, 5.74) is 3.31. The summed E-state index contributed by atoms with van der Waals surface area (Å²) in [6.07, 6.45) is 3.91. The largest absolute Gasteiger partial charge is 0.493 e. The smallest absolute Gasteiger partial charge is 0.161 e.